The average Bonchev–Trinajstić information content (AvgIpc) is 2.54. The number of nitrogens with one attached hydrogen (secondary N) is 2. The molecule has 0 aromatic heterocycles. The molecule has 1 aliphatic heterocycles. The van der Waals surface area contributed by atoms with Gasteiger partial charge in [-0.05, 0) is 29.7 Å². The first kappa shape index (κ1) is 16.5. The number of carbonyl (C=O) groups is 1. The van der Waals surface area contributed by atoms with Gasteiger partial charge in [0.2, 0.25) is 5.91 Å². The minimum Gasteiger partial charge on any atom is -0.354 e. The van der Waals surface area contributed by atoms with Crippen molar-refractivity contribution in [2.24, 2.45) is 0 Å². The van der Waals surface area contributed by atoms with Crippen LogP contribution < -0.4 is 10.6 Å². The molecule has 1 atom stereocenters. The highest BCUT2D eigenvalue weighted by molar-refractivity contribution is 5.85. The van der Waals surface area contributed by atoms with Gasteiger partial charge in [-0.1, -0.05) is 54.6 Å². The van der Waals surface area contributed by atoms with Crippen molar-refractivity contribution in [3.8, 4) is 0 Å². The van der Waals surface area contributed by atoms with Gasteiger partial charge in [-0.2, -0.15) is 0 Å². The van der Waals surface area contributed by atoms with Crippen molar-refractivity contribution in [2.45, 2.75) is 18.9 Å². The Morgan fingerprint density at radius 1 is 1.09 bits per heavy atom. The van der Waals surface area contributed by atoms with E-state index in [4.69, 9.17) is 0 Å². The summed E-state index contributed by atoms with van der Waals surface area (Å²) in [6, 6.07) is 18.5. The lowest BCUT2D eigenvalue weighted by molar-refractivity contribution is -0.120. The number of amides is 1. The van der Waals surface area contributed by atoms with Crippen LogP contribution in [0.1, 0.15) is 22.7 Å². The first-order valence-corrected chi connectivity index (χ1v) is 7.45. The third-order valence-electron chi connectivity index (χ3n) is 3.93. The van der Waals surface area contributed by atoms with E-state index in [0.717, 1.165) is 18.5 Å². The minimum absolute atomic E-state index is 0. The van der Waals surface area contributed by atoms with Gasteiger partial charge in [0.15, 0.2) is 0 Å². The van der Waals surface area contributed by atoms with Gasteiger partial charge in [-0.25, -0.2) is 0 Å². The van der Waals surface area contributed by atoms with E-state index in [-0.39, 0.29) is 24.4 Å². The second-order valence-corrected chi connectivity index (χ2v) is 5.42. The van der Waals surface area contributed by atoms with Gasteiger partial charge in [-0.15, -0.1) is 12.4 Å². The molecule has 3 nitrogen and oxygen atoms in total. The molecule has 3 rings (SSSR count). The molecule has 0 spiro atoms. The van der Waals surface area contributed by atoms with Gasteiger partial charge in [-0.3, -0.25) is 4.79 Å². The maximum atomic E-state index is 12.0. The van der Waals surface area contributed by atoms with Crippen LogP contribution in [0.5, 0.6) is 0 Å². The highest BCUT2D eigenvalue weighted by Gasteiger charge is 2.19. The van der Waals surface area contributed by atoms with Crippen LogP contribution in [0.2, 0.25) is 0 Å². The highest BCUT2D eigenvalue weighted by Crippen LogP contribution is 2.21. The Labute approximate surface area is 137 Å². The standard InChI is InChI=1S/C18H20N2O.ClH/c21-18(12-14-6-2-1-3-7-14)20-13-17-16-9-5-4-8-15(16)10-11-19-17;/h1-9,17,19H,10-13H2,(H,20,21);1H. The smallest absolute Gasteiger partial charge is 0.224 e. The van der Waals surface area contributed by atoms with Gasteiger partial charge in [0.1, 0.15) is 0 Å². The van der Waals surface area contributed by atoms with Crippen molar-refractivity contribution in [1.82, 2.24) is 10.6 Å². The minimum atomic E-state index is 0. The second-order valence-electron chi connectivity index (χ2n) is 5.42. The molecule has 1 unspecified atom stereocenters. The van der Waals surface area contributed by atoms with Gasteiger partial charge >= 0.3 is 0 Å². The molecule has 0 bridgehead atoms. The quantitative estimate of drug-likeness (QED) is 0.910. The summed E-state index contributed by atoms with van der Waals surface area (Å²) in [5, 5.41) is 6.52. The SMILES string of the molecule is Cl.O=C(Cc1ccccc1)NCC1NCCc2ccccc21. The Bertz CT molecular complexity index is 615. The molecule has 2 aromatic rings. The zero-order valence-electron chi connectivity index (χ0n) is 12.4. The molecule has 0 saturated heterocycles. The summed E-state index contributed by atoms with van der Waals surface area (Å²) in [5.74, 6) is 0.0751. The largest absolute Gasteiger partial charge is 0.354 e. The molecule has 0 aliphatic carbocycles. The molecule has 0 saturated carbocycles. The molecular weight excluding hydrogens is 296 g/mol. The fraction of sp³-hybridized carbons (Fsp3) is 0.278. The molecule has 0 fully saturated rings. The number of halogens is 1. The lowest BCUT2D eigenvalue weighted by atomic mass is 9.94. The Morgan fingerprint density at radius 3 is 2.64 bits per heavy atom. The third-order valence-corrected chi connectivity index (χ3v) is 3.93. The number of carbonyl (C=O) groups excluding carboxylic acids is 1. The van der Waals surface area contributed by atoms with E-state index in [9.17, 15) is 4.79 Å². The number of hydrogen-bond donors (Lipinski definition) is 2. The average molecular weight is 317 g/mol. The number of fused-ring (bicyclic) bond motifs is 1. The van der Waals surface area contributed by atoms with Crippen molar-refractivity contribution in [3.63, 3.8) is 0 Å². The third kappa shape index (κ3) is 4.09. The number of benzene rings is 2. The van der Waals surface area contributed by atoms with E-state index < -0.39 is 0 Å². The lowest BCUT2D eigenvalue weighted by Crippen LogP contribution is -2.39. The highest BCUT2D eigenvalue weighted by atomic mass is 35.5. The molecule has 22 heavy (non-hydrogen) atoms. The Hall–Kier alpha value is -1.84. The first-order valence-electron chi connectivity index (χ1n) is 7.45. The van der Waals surface area contributed by atoms with Crippen LogP contribution in [0, 0.1) is 0 Å². The summed E-state index contributed by atoms with van der Waals surface area (Å²) in [4.78, 5) is 12.0. The van der Waals surface area contributed by atoms with Crippen molar-refractivity contribution >= 4 is 18.3 Å². The maximum Gasteiger partial charge on any atom is 0.224 e. The predicted octanol–water partition coefficient (Wildman–Crippen LogP) is 2.65. The number of hydrogen-bond acceptors (Lipinski definition) is 2. The van der Waals surface area contributed by atoms with Gasteiger partial charge in [0, 0.05) is 12.6 Å². The molecular formula is C18H21ClN2O. The van der Waals surface area contributed by atoms with Crippen LogP contribution in [0.25, 0.3) is 0 Å². The fourth-order valence-electron chi connectivity index (χ4n) is 2.83. The van der Waals surface area contributed by atoms with Crippen LogP contribution in [-0.4, -0.2) is 19.0 Å². The molecule has 4 heteroatoms. The summed E-state index contributed by atoms with van der Waals surface area (Å²) >= 11 is 0. The predicted molar refractivity (Wildman–Crippen MR) is 91.3 cm³/mol. The zero-order chi connectivity index (χ0) is 14.5. The fourth-order valence-corrected chi connectivity index (χ4v) is 2.83. The van der Waals surface area contributed by atoms with Gasteiger partial charge < -0.3 is 10.6 Å². The lowest BCUT2D eigenvalue weighted by Gasteiger charge is -2.27. The zero-order valence-corrected chi connectivity index (χ0v) is 13.2. The van der Waals surface area contributed by atoms with E-state index in [2.05, 4.69) is 34.9 Å². The molecule has 1 heterocycles. The molecule has 2 aromatic carbocycles. The molecule has 1 amide bonds. The van der Waals surface area contributed by atoms with E-state index >= 15 is 0 Å². The van der Waals surface area contributed by atoms with Crippen LogP contribution in [0.4, 0.5) is 0 Å². The van der Waals surface area contributed by atoms with Crippen LogP contribution >= 0.6 is 12.4 Å². The van der Waals surface area contributed by atoms with E-state index in [0.29, 0.717) is 13.0 Å². The topological polar surface area (TPSA) is 41.1 Å². The summed E-state index contributed by atoms with van der Waals surface area (Å²) < 4.78 is 0. The van der Waals surface area contributed by atoms with Crippen molar-refractivity contribution in [3.05, 3.63) is 71.3 Å². The van der Waals surface area contributed by atoms with Crippen LogP contribution in [0.15, 0.2) is 54.6 Å². The summed E-state index contributed by atoms with van der Waals surface area (Å²) in [6.45, 7) is 1.61. The Kier molecular flexibility index (Phi) is 5.99. The Balaban J connectivity index is 0.00000176. The summed E-state index contributed by atoms with van der Waals surface area (Å²) in [7, 11) is 0. The van der Waals surface area contributed by atoms with Crippen LogP contribution in [0.3, 0.4) is 0 Å². The van der Waals surface area contributed by atoms with E-state index in [1.807, 2.05) is 30.3 Å². The van der Waals surface area contributed by atoms with E-state index in [1.165, 1.54) is 11.1 Å². The van der Waals surface area contributed by atoms with E-state index in [1.54, 1.807) is 0 Å². The summed E-state index contributed by atoms with van der Waals surface area (Å²) in [5.41, 5.74) is 3.74. The van der Waals surface area contributed by atoms with Crippen molar-refractivity contribution < 1.29 is 4.79 Å². The van der Waals surface area contributed by atoms with Gasteiger partial charge in [0.05, 0.1) is 6.42 Å². The van der Waals surface area contributed by atoms with Crippen molar-refractivity contribution in [2.75, 3.05) is 13.1 Å². The first-order chi connectivity index (χ1) is 10.3. The monoisotopic (exact) mass is 316 g/mol. The molecule has 0 radical (unpaired) electrons. The van der Waals surface area contributed by atoms with Crippen molar-refractivity contribution in [1.29, 1.82) is 0 Å². The summed E-state index contributed by atoms with van der Waals surface area (Å²) in [6.07, 6.45) is 1.50. The Morgan fingerprint density at radius 2 is 1.82 bits per heavy atom. The van der Waals surface area contributed by atoms with Gasteiger partial charge in [0.25, 0.3) is 0 Å². The molecule has 116 valence electrons. The maximum absolute atomic E-state index is 12.0. The molecule has 1 aliphatic rings. The van der Waals surface area contributed by atoms with Crippen LogP contribution in [-0.2, 0) is 17.6 Å². The molecule has 2 N–H and O–H groups in total. The normalized spacial score (nSPS) is 16.3. The second kappa shape index (κ2) is 7.97. The number of rotatable bonds is 4.